The molecular formula is C22H24BrN3O3. The normalized spacial score (nSPS) is 13.2. The molecule has 0 bridgehead atoms. The number of nitrogens with one attached hydrogen (secondary N) is 1. The van der Waals surface area contributed by atoms with Crippen molar-refractivity contribution in [3.63, 3.8) is 0 Å². The van der Waals surface area contributed by atoms with Gasteiger partial charge in [-0.2, -0.15) is 5.10 Å². The predicted molar refractivity (Wildman–Crippen MR) is 118 cm³/mol. The molecule has 6 nitrogen and oxygen atoms in total. The Hall–Kier alpha value is -2.67. The summed E-state index contributed by atoms with van der Waals surface area (Å²) in [5, 5.41) is 8.58. The molecule has 152 valence electrons. The van der Waals surface area contributed by atoms with Crippen molar-refractivity contribution in [3.05, 3.63) is 46.4 Å². The third kappa shape index (κ3) is 3.67. The zero-order valence-corrected chi connectivity index (χ0v) is 18.4. The minimum absolute atomic E-state index is 0.579. The van der Waals surface area contributed by atoms with Crippen LogP contribution in [0.3, 0.4) is 0 Å². The van der Waals surface area contributed by atoms with Gasteiger partial charge in [0, 0.05) is 22.1 Å². The summed E-state index contributed by atoms with van der Waals surface area (Å²) in [6.45, 7) is 0.934. The fourth-order valence-electron chi connectivity index (χ4n) is 3.72. The Morgan fingerprint density at radius 2 is 1.66 bits per heavy atom. The van der Waals surface area contributed by atoms with Crippen LogP contribution in [-0.2, 0) is 6.42 Å². The fourth-order valence-corrected chi connectivity index (χ4v) is 3.99. The minimum atomic E-state index is 0.579. The third-order valence-electron chi connectivity index (χ3n) is 5.14. The molecule has 1 aliphatic heterocycles. The highest BCUT2D eigenvalue weighted by Crippen LogP contribution is 2.43. The lowest BCUT2D eigenvalue weighted by atomic mass is 10.0. The molecule has 0 unspecified atom stereocenters. The molecule has 4 rings (SSSR count). The van der Waals surface area contributed by atoms with Crippen LogP contribution in [0.1, 0.15) is 18.4 Å². The summed E-state index contributed by atoms with van der Waals surface area (Å²) in [6, 6.07) is 12.1. The van der Waals surface area contributed by atoms with E-state index in [1.165, 1.54) is 5.56 Å². The number of rotatable bonds is 5. The van der Waals surface area contributed by atoms with E-state index in [-0.39, 0.29) is 0 Å². The third-order valence-corrected chi connectivity index (χ3v) is 5.67. The van der Waals surface area contributed by atoms with Gasteiger partial charge in [0.15, 0.2) is 11.5 Å². The minimum Gasteiger partial charge on any atom is -0.493 e. The van der Waals surface area contributed by atoms with Gasteiger partial charge in [-0.3, -0.25) is 0 Å². The Morgan fingerprint density at radius 1 is 0.966 bits per heavy atom. The quantitative estimate of drug-likeness (QED) is 0.578. The van der Waals surface area contributed by atoms with Crippen LogP contribution in [0, 0.1) is 0 Å². The molecule has 1 N–H and O–H groups in total. The van der Waals surface area contributed by atoms with Crippen LogP contribution in [-0.4, -0.2) is 37.7 Å². The zero-order chi connectivity index (χ0) is 20.4. The van der Waals surface area contributed by atoms with Crippen LogP contribution in [0.25, 0.3) is 16.9 Å². The van der Waals surface area contributed by atoms with Crippen molar-refractivity contribution >= 4 is 21.7 Å². The van der Waals surface area contributed by atoms with Crippen molar-refractivity contribution in [1.82, 2.24) is 9.78 Å². The second kappa shape index (κ2) is 8.37. The van der Waals surface area contributed by atoms with Gasteiger partial charge in [0.25, 0.3) is 0 Å². The van der Waals surface area contributed by atoms with E-state index in [0.29, 0.717) is 17.2 Å². The second-order valence-corrected chi connectivity index (χ2v) is 7.78. The van der Waals surface area contributed by atoms with Gasteiger partial charge in [0.2, 0.25) is 5.75 Å². The molecule has 1 aromatic heterocycles. The van der Waals surface area contributed by atoms with Gasteiger partial charge in [-0.15, -0.1) is 0 Å². The van der Waals surface area contributed by atoms with Crippen LogP contribution >= 0.6 is 15.9 Å². The van der Waals surface area contributed by atoms with Gasteiger partial charge in [0.1, 0.15) is 5.82 Å². The maximum Gasteiger partial charge on any atom is 0.203 e. The molecule has 0 saturated carbocycles. The summed E-state index contributed by atoms with van der Waals surface area (Å²) in [5.74, 6) is 2.87. The molecule has 0 amide bonds. The number of hydrogen-bond donors (Lipinski definition) is 1. The number of fused-ring (bicyclic) bond motifs is 1. The first-order valence-electron chi connectivity index (χ1n) is 9.58. The Balaban J connectivity index is 1.91. The number of halogens is 1. The molecule has 2 heterocycles. The first-order valence-corrected chi connectivity index (χ1v) is 10.4. The topological polar surface area (TPSA) is 57.5 Å². The molecule has 1 aliphatic rings. The lowest BCUT2D eigenvalue weighted by Crippen LogP contribution is -2.07. The molecule has 3 aromatic rings. The molecule has 0 aliphatic carbocycles. The van der Waals surface area contributed by atoms with E-state index in [4.69, 9.17) is 19.3 Å². The molecule has 0 atom stereocenters. The van der Waals surface area contributed by atoms with Crippen LogP contribution in [0.2, 0.25) is 0 Å². The second-order valence-electron chi connectivity index (χ2n) is 6.86. The number of benzene rings is 2. The number of methoxy groups -OCH3 is 3. The molecule has 2 aromatic carbocycles. The van der Waals surface area contributed by atoms with Crippen LogP contribution in [0.15, 0.2) is 40.9 Å². The Morgan fingerprint density at radius 3 is 2.28 bits per heavy atom. The number of ether oxygens (including phenoxy) is 3. The zero-order valence-electron chi connectivity index (χ0n) is 16.8. The molecule has 0 fully saturated rings. The van der Waals surface area contributed by atoms with Crippen LogP contribution < -0.4 is 19.5 Å². The lowest BCUT2D eigenvalue weighted by molar-refractivity contribution is 0.324. The van der Waals surface area contributed by atoms with Gasteiger partial charge in [0.05, 0.1) is 32.7 Å². The van der Waals surface area contributed by atoms with Crippen molar-refractivity contribution in [2.45, 2.75) is 19.3 Å². The Labute approximate surface area is 178 Å². The maximum absolute atomic E-state index is 5.55. The highest BCUT2D eigenvalue weighted by atomic mass is 79.9. The molecular weight excluding hydrogens is 434 g/mol. The largest absolute Gasteiger partial charge is 0.493 e. The summed E-state index contributed by atoms with van der Waals surface area (Å²) < 4.78 is 19.6. The first kappa shape index (κ1) is 19.6. The van der Waals surface area contributed by atoms with Crippen molar-refractivity contribution in [1.29, 1.82) is 0 Å². The number of nitrogens with zero attached hydrogens (tertiary/aromatic N) is 2. The van der Waals surface area contributed by atoms with Gasteiger partial charge in [-0.25, -0.2) is 4.68 Å². The van der Waals surface area contributed by atoms with E-state index >= 15 is 0 Å². The highest BCUT2D eigenvalue weighted by molar-refractivity contribution is 9.10. The standard InChI is InChI=1S/C22H24BrN3O3/c1-27-18-12-14(13-19(28-2)21(18)29-3)20-17-6-4-5-11-24-22(17)26(25-20)16-9-7-15(23)8-10-16/h7-10,12-13,24H,4-6,11H2,1-3H3. The van der Waals surface area contributed by atoms with Gasteiger partial charge >= 0.3 is 0 Å². The first-order chi connectivity index (χ1) is 14.2. The predicted octanol–water partition coefficient (Wildman–Crippen LogP) is 5.08. The molecule has 0 saturated heterocycles. The van der Waals surface area contributed by atoms with Crippen molar-refractivity contribution in [3.8, 4) is 34.2 Å². The summed E-state index contributed by atoms with van der Waals surface area (Å²) in [6.07, 6.45) is 3.21. The Bertz CT molecular complexity index is 990. The molecule has 0 radical (unpaired) electrons. The summed E-state index contributed by atoms with van der Waals surface area (Å²) in [5.41, 5.74) is 4.09. The SMILES string of the molecule is COc1cc(-c2nn(-c3ccc(Br)cc3)c3c2CCCCN3)cc(OC)c1OC. The number of aromatic nitrogens is 2. The van der Waals surface area contributed by atoms with E-state index in [1.54, 1.807) is 21.3 Å². The maximum atomic E-state index is 5.55. The van der Waals surface area contributed by atoms with Gasteiger partial charge < -0.3 is 19.5 Å². The Kier molecular flexibility index (Phi) is 5.67. The molecule has 29 heavy (non-hydrogen) atoms. The lowest BCUT2D eigenvalue weighted by Gasteiger charge is -2.14. The fraction of sp³-hybridized carbons (Fsp3) is 0.318. The van der Waals surface area contributed by atoms with E-state index in [0.717, 1.165) is 53.0 Å². The number of hydrogen-bond acceptors (Lipinski definition) is 5. The van der Waals surface area contributed by atoms with Crippen molar-refractivity contribution in [2.75, 3.05) is 33.2 Å². The summed E-state index contributed by atoms with van der Waals surface area (Å²) in [4.78, 5) is 0. The van der Waals surface area contributed by atoms with E-state index in [2.05, 4.69) is 33.4 Å². The van der Waals surface area contributed by atoms with Gasteiger partial charge in [-0.05, 0) is 55.7 Å². The average molecular weight is 458 g/mol. The summed E-state index contributed by atoms with van der Waals surface area (Å²) >= 11 is 3.51. The van der Waals surface area contributed by atoms with E-state index in [1.807, 2.05) is 28.9 Å². The van der Waals surface area contributed by atoms with Crippen molar-refractivity contribution < 1.29 is 14.2 Å². The number of anilines is 1. The van der Waals surface area contributed by atoms with E-state index in [9.17, 15) is 0 Å². The smallest absolute Gasteiger partial charge is 0.203 e. The monoisotopic (exact) mass is 457 g/mol. The van der Waals surface area contributed by atoms with Gasteiger partial charge in [-0.1, -0.05) is 15.9 Å². The summed E-state index contributed by atoms with van der Waals surface area (Å²) in [7, 11) is 4.87. The van der Waals surface area contributed by atoms with Crippen LogP contribution in [0.4, 0.5) is 5.82 Å². The average Bonchev–Trinajstić information content (AvgIpc) is 2.94. The van der Waals surface area contributed by atoms with Crippen LogP contribution in [0.5, 0.6) is 17.2 Å². The highest BCUT2D eigenvalue weighted by Gasteiger charge is 2.24. The van der Waals surface area contributed by atoms with Crippen molar-refractivity contribution in [2.24, 2.45) is 0 Å². The van der Waals surface area contributed by atoms with E-state index < -0.39 is 0 Å². The molecule has 0 spiro atoms. The molecule has 7 heteroatoms.